The fourth-order valence-corrected chi connectivity index (χ4v) is 3.37. The number of aliphatic hydroxyl groups is 1. The lowest BCUT2D eigenvalue weighted by molar-refractivity contribution is -0.110. The summed E-state index contributed by atoms with van der Waals surface area (Å²) < 4.78 is 1.55. The predicted octanol–water partition coefficient (Wildman–Crippen LogP) is 0.192. The van der Waals surface area contributed by atoms with Crippen molar-refractivity contribution >= 4 is 17.7 Å². The molecule has 1 saturated heterocycles. The van der Waals surface area contributed by atoms with Gasteiger partial charge in [0.25, 0.3) is 11.5 Å². The highest BCUT2D eigenvalue weighted by Gasteiger charge is 2.46. The third-order valence-electron chi connectivity index (χ3n) is 4.08. The van der Waals surface area contributed by atoms with Crippen LogP contribution in [0.4, 0.5) is 0 Å². The van der Waals surface area contributed by atoms with Crippen LogP contribution < -0.4 is 5.56 Å². The van der Waals surface area contributed by atoms with Gasteiger partial charge in [-0.3, -0.25) is 14.2 Å². The second-order valence-corrected chi connectivity index (χ2v) is 6.74. The number of amides is 1. The number of likely N-dealkylation sites (tertiary alicyclic amines) is 1. The number of nitrogens with zero attached hydrogens (tertiary/aromatic N) is 3. The van der Waals surface area contributed by atoms with Crippen molar-refractivity contribution in [2.75, 3.05) is 18.8 Å². The Morgan fingerprint density at radius 3 is 2.85 bits per heavy atom. The summed E-state index contributed by atoms with van der Waals surface area (Å²) in [4.78, 5) is 30.2. The Morgan fingerprint density at radius 2 is 2.20 bits per heavy atom. The van der Waals surface area contributed by atoms with Crippen molar-refractivity contribution in [1.29, 1.82) is 0 Å². The van der Waals surface area contributed by atoms with E-state index in [1.54, 1.807) is 4.57 Å². The van der Waals surface area contributed by atoms with Crippen LogP contribution in [0, 0.1) is 5.92 Å². The molecule has 1 N–H and O–H groups in total. The van der Waals surface area contributed by atoms with Gasteiger partial charge in [0.05, 0.1) is 13.1 Å². The monoisotopic (exact) mass is 295 g/mol. The van der Waals surface area contributed by atoms with Crippen molar-refractivity contribution in [3.63, 3.8) is 0 Å². The van der Waals surface area contributed by atoms with E-state index in [-0.39, 0.29) is 36.0 Å². The summed E-state index contributed by atoms with van der Waals surface area (Å²) in [7, 11) is 0. The molecule has 1 fully saturated rings. The Morgan fingerprint density at radius 1 is 1.50 bits per heavy atom. The second kappa shape index (κ2) is 4.60. The van der Waals surface area contributed by atoms with Crippen LogP contribution in [0.1, 0.15) is 24.2 Å². The fourth-order valence-electron chi connectivity index (χ4n) is 2.46. The summed E-state index contributed by atoms with van der Waals surface area (Å²) in [6, 6.07) is 0. The number of fused-ring (bicyclic) bond motifs is 1. The molecule has 6 nitrogen and oxygen atoms in total. The number of thioether (sulfide) groups is 1. The average molecular weight is 295 g/mol. The van der Waals surface area contributed by atoms with Crippen LogP contribution in [-0.4, -0.2) is 49.9 Å². The minimum atomic E-state index is -0.828. The Hall–Kier alpha value is -1.34. The molecule has 0 unspecified atom stereocenters. The summed E-state index contributed by atoms with van der Waals surface area (Å²) in [6.45, 7) is 5.00. The smallest absolute Gasteiger partial charge is 0.267 e. The van der Waals surface area contributed by atoms with E-state index in [4.69, 9.17) is 0 Å². The third-order valence-corrected chi connectivity index (χ3v) is 5.05. The zero-order valence-corrected chi connectivity index (χ0v) is 12.3. The summed E-state index contributed by atoms with van der Waals surface area (Å²) in [5.74, 6) is 0.568. The molecule has 0 spiro atoms. The molecule has 1 aromatic heterocycles. The Bertz CT molecular complexity index is 620. The maximum absolute atomic E-state index is 12.3. The molecule has 0 saturated carbocycles. The molecule has 20 heavy (non-hydrogen) atoms. The normalized spacial score (nSPS) is 19.9. The zero-order chi connectivity index (χ0) is 14.5. The predicted molar refractivity (Wildman–Crippen MR) is 74.9 cm³/mol. The van der Waals surface area contributed by atoms with E-state index in [0.29, 0.717) is 11.7 Å². The number of β-amino-alcohol motifs (C(OH)–C–C–N with tert-alkyl or cyclic N) is 1. The van der Waals surface area contributed by atoms with E-state index in [1.807, 2.05) is 13.8 Å². The molecule has 108 valence electrons. The molecule has 0 bridgehead atoms. The Kier molecular flexibility index (Phi) is 3.13. The fraction of sp³-hybridized carbons (Fsp3) is 0.615. The highest BCUT2D eigenvalue weighted by molar-refractivity contribution is 7.99. The van der Waals surface area contributed by atoms with E-state index in [0.717, 1.165) is 5.75 Å². The van der Waals surface area contributed by atoms with Crippen LogP contribution in [0.5, 0.6) is 0 Å². The number of hydrogen-bond donors (Lipinski definition) is 1. The van der Waals surface area contributed by atoms with Gasteiger partial charge in [-0.25, -0.2) is 4.98 Å². The van der Waals surface area contributed by atoms with Gasteiger partial charge >= 0.3 is 0 Å². The van der Waals surface area contributed by atoms with Gasteiger partial charge in [0, 0.05) is 18.5 Å². The van der Waals surface area contributed by atoms with Crippen molar-refractivity contribution in [2.45, 2.75) is 31.1 Å². The third kappa shape index (κ3) is 1.96. The SMILES string of the molecule is CC(C)C1(O)CN(C(=O)c2cnc3n(c2=O)CCS3)C1. The van der Waals surface area contributed by atoms with E-state index >= 15 is 0 Å². The lowest BCUT2D eigenvalue weighted by Crippen LogP contribution is -2.66. The van der Waals surface area contributed by atoms with Gasteiger partial charge in [-0.2, -0.15) is 0 Å². The van der Waals surface area contributed by atoms with E-state index < -0.39 is 5.60 Å². The highest BCUT2D eigenvalue weighted by atomic mass is 32.2. The lowest BCUT2D eigenvalue weighted by Gasteiger charge is -2.48. The van der Waals surface area contributed by atoms with E-state index in [1.165, 1.54) is 22.9 Å². The molecular weight excluding hydrogens is 278 g/mol. The van der Waals surface area contributed by atoms with Gasteiger partial charge in [-0.15, -0.1) is 0 Å². The molecule has 7 heteroatoms. The molecule has 0 radical (unpaired) electrons. The Labute approximate surface area is 120 Å². The van der Waals surface area contributed by atoms with Crippen LogP contribution in [0.25, 0.3) is 0 Å². The maximum Gasteiger partial charge on any atom is 0.267 e. The van der Waals surface area contributed by atoms with Crippen molar-refractivity contribution in [3.8, 4) is 0 Å². The molecule has 0 aromatic carbocycles. The molecule has 1 amide bonds. The van der Waals surface area contributed by atoms with E-state index in [2.05, 4.69) is 4.98 Å². The first-order valence-corrected chi connectivity index (χ1v) is 7.65. The molecular formula is C13H17N3O3S. The average Bonchev–Trinajstić information content (AvgIpc) is 2.83. The number of aromatic nitrogens is 2. The minimum absolute atomic E-state index is 0.0854. The first-order chi connectivity index (χ1) is 9.42. The quantitative estimate of drug-likeness (QED) is 0.788. The number of rotatable bonds is 2. The van der Waals surface area contributed by atoms with Gasteiger partial charge in [-0.1, -0.05) is 25.6 Å². The zero-order valence-electron chi connectivity index (χ0n) is 11.5. The van der Waals surface area contributed by atoms with Crippen molar-refractivity contribution in [2.24, 2.45) is 5.92 Å². The van der Waals surface area contributed by atoms with Crippen molar-refractivity contribution in [1.82, 2.24) is 14.5 Å². The summed E-state index contributed by atoms with van der Waals surface area (Å²) in [6.07, 6.45) is 1.36. The maximum atomic E-state index is 12.3. The second-order valence-electron chi connectivity index (χ2n) is 5.68. The Balaban J connectivity index is 1.82. The van der Waals surface area contributed by atoms with Crippen molar-refractivity contribution in [3.05, 3.63) is 22.1 Å². The molecule has 0 aliphatic carbocycles. The molecule has 0 atom stereocenters. The van der Waals surface area contributed by atoms with Gasteiger partial charge in [0.1, 0.15) is 11.2 Å². The summed E-state index contributed by atoms with van der Waals surface area (Å²) >= 11 is 1.52. The number of hydrogen-bond acceptors (Lipinski definition) is 5. The van der Waals surface area contributed by atoms with Crippen LogP contribution in [0.15, 0.2) is 16.1 Å². The molecule has 3 rings (SSSR count). The number of carbonyl (C=O) groups is 1. The van der Waals surface area contributed by atoms with E-state index in [9.17, 15) is 14.7 Å². The van der Waals surface area contributed by atoms with Gasteiger partial charge < -0.3 is 10.0 Å². The lowest BCUT2D eigenvalue weighted by atomic mass is 9.83. The minimum Gasteiger partial charge on any atom is -0.386 e. The number of carbonyl (C=O) groups excluding carboxylic acids is 1. The molecule has 2 aliphatic heterocycles. The molecule has 3 heterocycles. The van der Waals surface area contributed by atoms with Gasteiger partial charge in [-0.05, 0) is 5.92 Å². The first-order valence-electron chi connectivity index (χ1n) is 6.67. The topological polar surface area (TPSA) is 75.4 Å². The van der Waals surface area contributed by atoms with Gasteiger partial charge in [0.15, 0.2) is 5.16 Å². The molecule has 2 aliphatic rings. The van der Waals surface area contributed by atoms with Crippen LogP contribution in [-0.2, 0) is 6.54 Å². The first kappa shape index (κ1) is 13.6. The molecule has 1 aromatic rings. The highest BCUT2D eigenvalue weighted by Crippen LogP contribution is 2.29. The standard InChI is InChI=1S/C13H17N3O3S/c1-8(2)13(19)6-15(7-13)10(17)9-5-14-12-16(11(9)18)3-4-20-12/h5,8,19H,3-4,6-7H2,1-2H3. The summed E-state index contributed by atoms with van der Waals surface area (Å²) in [5.41, 5.74) is -1.00. The largest absolute Gasteiger partial charge is 0.386 e. The van der Waals surface area contributed by atoms with Crippen LogP contribution >= 0.6 is 11.8 Å². The van der Waals surface area contributed by atoms with Crippen LogP contribution in [0.3, 0.4) is 0 Å². The van der Waals surface area contributed by atoms with Crippen LogP contribution in [0.2, 0.25) is 0 Å². The van der Waals surface area contributed by atoms with Gasteiger partial charge in [0.2, 0.25) is 0 Å². The summed E-state index contributed by atoms with van der Waals surface area (Å²) in [5, 5.41) is 10.9. The van der Waals surface area contributed by atoms with Crippen molar-refractivity contribution < 1.29 is 9.90 Å².